The number of nitrogens with zero attached hydrogens (tertiary/aromatic N) is 1. The Morgan fingerprint density at radius 2 is 1.55 bits per heavy atom. The Balaban J connectivity index is 1.04. The Kier molecular flexibility index (Phi) is 9.73. The first kappa shape index (κ1) is 33.5. The van der Waals surface area contributed by atoms with Crippen LogP contribution in [0.3, 0.4) is 0 Å². The minimum Gasteiger partial charge on any atom is -0.457 e. The molecule has 1 atom stereocenters. The fraction of sp³-hybridized carbons (Fsp3) is 0.0769. The summed E-state index contributed by atoms with van der Waals surface area (Å²) >= 11 is 7.17. The van der Waals surface area contributed by atoms with Gasteiger partial charge in [0.15, 0.2) is 11.5 Å². The van der Waals surface area contributed by atoms with Crippen LogP contribution in [0.5, 0.6) is 23.0 Å². The third-order valence-electron chi connectivity index (χ3n) is 7.86. The molecule has 2 N–H and O–H groups in total. The molecule has 2 heterocycles. The van der Waals surface area contributed by atoms with Crippen LogP contribution in [0, 0.1) is 0 Å². The summed E-state index contributed by atoms with van der Waals surface area (Å²) in [6.07, 6.45) is 1.56. The molecule has 0 aliphatic carbocycles. The summed E-state index contributed by atoms with van der Waals surface area (Å²) in [5.74, 6) is 0.568. The molecule has 10 nitrogen and oxygen atoms in total. The Bertz CT molecular complexity index is 2160. The van der Waals surface area contributed by atoms with E-state index in [1.165, 1.54) is 16.7 Å². The molecular formula is C39H28ClN3O7S. The highest BCUT2D eigenvalue weighted by Crippen LogP contribution is 2.36. The second-order valence-corrected chi connectivity index (χ2v) is 13.1. The number of halogens is 1. The van der Waals surface area contributed by atoms with Crippen molar-refractivity contribution in [1.82, 2.24) is 5.32 Å². The van der Waals surface area contributed by atoms with E-state index in [2.05, 4.69) is 10.6 Å². The minimum absolute atomic E-state index is 0.00225. The molecule has 2 aliphatic heterocycles. The fourth-order valence-electron chi connectivity index (χ4n) is 5.39. The lowest BCUT2D eigenvalue weighted by Crippen LogP contribution is -2.31. The predicted octanol–water partition coefficient (Wildman–Crippen LogP) is 7.69. The lowest BCUT2D eigenvalue weighted by molar-refractivity contribution is -0.121. The number of imide groups is 1. The monoisotopic (exact) mass is 717 g/mol. The van der Waals surface area contributed by atoms with Crippen molar-refractivity contribution in [1.29, 1.82) is 0 Å². The SMILES string of the molecule is O=C(Nc1cccc(S[C@H]2CC(=O)N(c3ccc(Oc4ccc(Cl)cc4)cc3)C2=O)c1)/C(=C/c1ccc2c(c1)OCO2)NC(=O)c1ccccc1. The van der Waals surface area contributed by atoms with Crippen LogP contribution in [0.25, 0.3) is 6.08 Å². The molecule has 5 aromatic rings. The van der Waals surface area contributed by atoms with E-state index in [0.29, 0.717) is 55.4 Å². The van der Waals surface area contributed by atoms with Crippen LogP contribution in [0.4, 0.5) is 11.4 Å². The zero-order valence-corrected chi connectivity index (χ0v) is 28.3. The van der Waals surface area contributed by atoms with E-state index < -0.39 is 17.1 Å². The quantitative estimate of drug-likeness (QED) is 0.111. The van der Waals surface area contributed by atoms with Crippen LogP contribution < -0.4 is 29.7 Å². The van der Waals surface area contributed by atoms with Gasteiger partial charge in [-0.2, -0.15) is 0 Å². The molecule has 4 amide bonds. The van der Waals surface area contributed by atoms with Crippen molar-refractivity contribution in [3.05, 3.63) is 143 Å². The van der Waals surface area contributed by atoms with E-state index in [-0.39, 0.29) is 30.7 Å². The van der Waals surface area contributed by atoms with E-state index in [1.807, 2.05) is 0 Å². The highest BCUT2D eigenvalue weighted by molar-refractivity contribution is 8.00. The Labute approximate surface area is 302 Å². The number of carbonyl (C=O) groups is 4. The third kappa shape index (κ3) is 7.90. The molecule has 1 fully saturated rings. The number of benzene rings is 5. The van der Waals surface area contributed by atoms with Crippen molar-refractivity contribution >= 4 is 64.4 Å². The number of nitrogens with one attached hydrogen (secondary N) is 2. The first-order valence-electron chi connectivity index (χ1n) is 15.8. The van der Waals surface area contributed by atoms with Crippen molar-refractivity contribution in [2.75, 3.05) is 17.0 Å². The van der Waals surface area contributed by atoms with Gasteiger partial charge in [-0.3, -0.25) is 19.2 Å². The second kappa shape index (κ2) is 14.8. The highest BCUT2D eigenvalue weighted by atomic mass is 35.5. The molecule has 7 rings (SSSR count). The number of hydrogen-bond acceptors (Lipinski definition) is 8. The van der Waals surface area contributed by atoms with Crippen molar-refractivity contribution in [3.8, 4) is 23.0 Å². The minimum atomic E-state index is -0.667. The number of amides is 4. The average Bonchev–Trinajstić information content (AvgIpc) is 3.72. The zero-order valence-electron chi connectivity index (χ0n) is 26.7. The summed E-state index contributed by atoms with van der Waals surface area (Å²) < 4.78 is 16.7. The average molecular weight is 718 g/mol. The van der Waals surface area contributed by atoms with E-state index in [1.54, 1.807) is 127 Å². The third-order valence-corrected chi connectivity index (χ3v) is 9.29. The lowest BCUT2D eigenvalue weighted by atomic mass is 10.1. The Morgan fingerprint density at radius 3 is 2.31 bits per heavy atom. The van der Waals surface area contributed by atoms with E-state index in [9.17, 15) is 19.2 Å². The van der Waals surface area contributed by atoms with E-state index in [4.69, 9.17) is 25.8 Å². The first-order chi connectivity index (χ1) is 24.8. The van der Waals surface area contributed by atoms with Crippen LogP contribution >= 0.6 is 23.4 Å². The van der Waals surface area contributed by atoms with Gasteiger partial charge < -0.3 is 24.8 Å². The topological polar surface area (TPSA) is 123 Å². The molecule has 0 spiro atoms. The van der Waals surface area contributed by atoms with Crippen LogP contribution in [0.15, 0.2) is 132 Å². The molecule has 51 heavy (non-hydrogen) atoms. The van der Waals surface area contributed by atoms with Gasteiger partial charge in [-0.15, -0.1) is 11.8 Å². The number of anilines is 2. The fourth-order valence-corrected chi connectivity index (χ4v) is 6.63. The summed E-state index contributed by atoms with van der Waals surface area (Å²) in [6, 6.07) is 34.3. The smallest absolute Gasteiger partial charge is 0.272 e. The Hall–Kier alpha value is -6.04. The summed E-state index contributed by atoms with van der Waals surface area (Å²) in [5, 5.41) is 5.50. The summed E-state index contributed by atoms with van der Waals surface area (Å²) in [7, 11) is 0. The standard InChI is InChI=1S/C39H28ClN3O7S/c40-26-10-14-29(15-11-26)50-30-16-12-28(13-17-30)43-36(44)22-35(39(43)47)51-31-8-4-7-27(21-31)41-38(46)32(42-37(45)25-5-2-1-3-6-25)19-24-9-18-33-34(20-24)49-23-48-33/h1-21,35H,22-23H2,(H,41,46)(H,42,45)/b32-19-/t35-/m0/s1. The number of thioether (sulfide) groups is 1. The van der Waals surface area contributed by atoms with E-state index in [0.717, 1.165) is 0 Å². The number of hydrogen-bond donors (Lipinski definition) is 2. The maximum absolute atomic E-state index is 13.6. The van der Waals surface area contributed by atoms with Crippen LogP contribution in [0.1, 0.15) is 22.3 Å². The number of fused-ring (bicyclic) bond motifs is 1. The summed E-state index contributed by atoms with van der Waals surface area (Å²) in [6.45, 7) is 0.0992. The van der Waals surface area contributed by atoms with Gasteiger partial charge in [0.05, 0.1) is 10.9 Å². The van der Waals surface area contributed by atoms with Crippen molar-refractivity contribution in [3.63, 3.8) is 0 Å². The summed E-state index contributed by atoms with van der Waals surface area (Å²) in [5.41, 5.74) is 1.86. The molecule has 1 saturated heterocycles. The van der Waals surface area contributed by atoms with Crippen molar-refractivity contribution in [2.45, 2.75) is 16.6 Å². The molecule has 5 aromatic carbocycles. The van der Waals surface area contributed by atoms with Crippen molar-refractivity contribution < 1.29 is 33.4 Å². The number of rotatable bonds is 10. The van der Waals surface area contributed by atoms with Crippen molar-refractivity contribution in [2.24, 2.45) is 0 Å². The first-order valence-corrected chi connectivity index (χ1v) is 17.0. The predicted molar refractivity (Wildman–Crippen MR) is 194 cm³/mol. The molecule has 0 bridgehead atoms. The van der Waals surface area contributed by atoms with Crippen LogP contribution in [0.2, 0.25) is 5.02 Å². The Morgan fingerprint density at radius 1 is 0.824 bits per heavy atom. The van der Waals surface area contributed by atoms with Gasteiger partial charge in [-0.05, 0) is 103 Å². The van der Waals surface area contributed by atoms with Gasteiger partial charge >= 0.3 is 0 Å². The second-order valence-electron chi connectivity index (χ2n) is 11.4. The normalized spacial score (nSPS) is 15.1. The molecule has 0 unspecified atom stereocenters. The molecule has 254 valence electrons. The molecule has 0 saturated carbocycles. The van der Waals surface area contributed by atoms with Crippen LogP contribution in [-0.4, -0.2) is 35.7 Å². The molecule has 12 heteroatoms. The number of carbonyl (C=O) groups excluding carboxylic acids is 4. The molecule has 0 radical (unpaired) electrons. The highest BCUT2D eigenvalue weighted by Gasteiger charge is 2.40. The maximum atomic E-state index is 13.6. The molecule has 0 aromatic heterocycles. The lowest BCUT2D eigenvalue weighted by Gasteiger charge is -2.16. The van der Waals surface area contributed by atoms with Crippen LogP contribution in [-0.2, 0) is 14.4 Å². The van der Waals surface area contributed by atoms with Gasteiger partial charge in [0, 0.05) is 27.6 Å². The largest absolute Gasteiger partial charge is 0.457 e. The maximum Gasteiger partial charge on any atom is 0.272 e. The summed E-state index contributed by atoms with van der Waals surface area (Å²) in [4.78, 5) is 55.0. The number of ether oxygens (including phenoxy) is 3. The van der Waals surface area contributed by atoms with Gasteiger partial charge in [-0.1, -0.05) is 41.9 Å². The van der Waals surface area contributed by atoms with Gasteiger partial charge in [-0.25, -0.2) is 4.90 Å². The van der Waals surface area contributed by atoms with Gasteiger partial charge in [0.25, 0.3) is 11.8 Å². The molecule has 2 aliphatic rings. The van der Waals surface area contributed by atoms with E-state index >= 15 is 0 Å². The zero-order chi connectivity index (χ0) is 35.3. The van der Waals surface area contributed by atoms with Gasteiger partial charge in [0.1, 0.15) is 17.2 Å². The molecular weight excluding hydrogens is 690 g/mol. The van der Waals surface area contributed by atoms with Gasteiger partial charge in [0.2, 0.25) is 18.6 Å².